The fourth-order valence-corrected chi connectivity index (χ4v) is 2.34. The smallest absolute Gasteiger partial charge is 0.253 e. The number of aryl methyl sites for hydroxylation is 1. The largest absolute Gasteiger partial charge is 0.339 e. The Hall–Kier alpha value is -1.42. The molecule has 18 heavy (non-hydrogen) atoms. The molecule has 0 radical (unpaired) electrons. The van der Waals surface area contributed by atoms with Gasteiger partial charge in [0.15, 0.2) is 0 Å². The summed E-state index contributed by atoms with van der Waals surface area (Å²) in [5.41, 5.74) is 1.08. The maximum absolute atomic E-state index is 13.2. The van der Waals surface area contributed by atoms with E-state index in [0.29, 0.717) is 11.1 Å². The molecule has 0 atom stereocenters. The number of nitrogens with zero attached hydrogens (tertiary/aromatic N) is 1. The number of halogens is 1. The van der Waals surface area contributed by atoms with Gasteiger partial charge in [-0.25, -0.2) is 4.39 Å². The third kappa shape index (κ3) is 2.70. The minimum absolute atomic E-state index is 0.0231. The van der Waals surface area contributed by atoms with Crippen LogP contribution in [0.4, 0.5) is 4.39 Å². The zero-order valence-electron chi connectivity index (χ0n) is 10.9. The molecule has 0 aromatic heterocycles. The Bertz CT molecular complexity index is 441. The van der Waals surface area contributed by atoms with Crippen molar-refractivity contribution in [3.63, 3.8) is 0 Å². The molecule has 3 nitrogen and oxygen atoms in total. The topological polar surface area (TPSA) is 32.3 Å². The summed E-state index contributed by atoms with van der Waals surface area (Å²) in [6.45, 7) is 3.58. The highest BCUT2D eigenvalue weighted by molar-refractivity contribution is 5.94. The van der Waals surface area contributed by atoms with Crippen molar-refractivity contribution >= 4 is 5.91 Å². The van der Waals surface area contributed by atoms with Crippen LogP contribution in [0.3, 0.4) is 0 Å². The van der Waals surface area contributed by atoms with Crippen molar-refractivity contribution in [2.75, 3.05) is 20.1 Å². The first-order valence-corrected chi connectivity index (χ1v) is 6.33. The Labute approximate surface area is 107 Å². The van der Waals surface area contributed by atoms with Crippen LogP contribution in [0.15, 0.2) is 18.2 Å². The SMILES string of the molecule is Cc1cc(C(=O)N(C)C2CCNCC2)ccc1F. The van der Waals surface area contributed by atoms with Crippen LogP contribution in [0.1, 0.15) is 28.8 Å². The molecule has 0 aliphatic carbocycles. The molecule has 1 N–H and O–H groups in total. The van der Waals surface area contributed by atoms with E-state index in [1.54, 1.807) is 24.0 Å². The van der Waals surface area contributed by atoms with E-state index in [1.165, 1.54) is 6.07 Å². The second kappa shape index (κ2) is 5.48. The van der Waals surface area contributed by atoms with Crippen molar-refractivity contribution in [2.45, 2.75) is 25.8 Å². The van der Waals surface area contributed by atoms with Gasteiger partial charge in [0, 0.05) is 18.7 Å². The van der Waals surface area contributed by atoms with E-state index in [4.69, 9.17) is 0 Å². The Morgan fingerprint density at radius 1 is 1.39 bits per heavy atom. The molecule has 2 rings (SSSR count). The molecule has 0 spiro atoms. The number of carbonyl (C=O) groups is 1. The normalized spacial score (nSPS) is 16.6. The number of piperidine rings is 1. The van der Waals surface area contributed by atoms with Gasteiger partial charge < -0.3 is 10.2 Å². The van der Waals surface area contributed by atoms with Crippen molar-refractivity contribution in [3.8, 4) is 0 Å². The monoisotopic (exact) mass is 250 g/mol. The van der Waals surface area contributed by atoms with E-state index in [9.17, 15) is 9.18 Å². The summed E-state index contributed by atoms with van der Waals surface area (Å²) in [4.78, 5) is 14.1. The summed E-state index contributed by atoms with van der Waals surface area (Å²) < 4.78 is 13.2. The van der Waals surface area contributed by atoms with E-state index in [2.05, 4.69) is 5.32 Å². The molecule has 1 aromatic rings. The van der Waals surface area contributed by atoms with E-state index in [-0.39, 0.29) is 17.8 Å². The molecule has 1 amide bonds. The van der Waals surface area contributed by atoms with E-state index >= 15 is 0 Å². The summed E-state index contributed by atoms with van der Waals surface area (Å²) in [6, 6.07) is 4.82. The van der Waals surface area contributed by atoms with Gasteiger partial charge in [-0.05, 0) is 56.6 Å². The molecular weight excluding hydrogens is 231 g/mol. The molecule has 98 valence electrons. The maximum atomic E-state index is 13.2. The zero-order chi connectivity index (χ0) is 13.1. The van der Waals surface area contributed by atoms with Crippen LogP contribution < -0.4 is 5.32 Å². The van der Waals surface area contributed by atoms with Crippen molar-refractivity contribution < 1.29 is 9.18 Å². The Morgan fingerprint density at radius 3 is 2.67 bits per heavy atom. The zero-order valence-corrected chi connectivity index (χ0v) is 10.9. The molecule has 1 saturated heterocycles. The predicted octanol–water partition coefficient (Wildman–Crippen LogP) is 1.96. The van der Waals surface area contributed by atoms with Gasteiger partial charge in [-0.3, -0.25) is 4.79 Å². The van der Waals surface area contributed by atoms with Crippen LogP contribution in [-0.4, -0.2) is 37.0 Å². The number of amides is 1. The van der Waals surface area contributed by atoms with Gasteiger partial charge in [0.05, 0.1) is 0 Å². The molecule has 0 unspecified atom stereocenters. The average molecular weight is 250 g/mol. The third-order valence-electron chi connectivity index (χ3n) is 3.58. The van der Waals surface area contributed by atoms with Crippen molar-refractivity contribution in [3.05, 3.63) is 35.1 Å². The summed E-state index contributed by atoms with van der Waals surface area (Å²) in [6.07, 6.45) is 1.95. The molecular formula is C14H19FN2O. The second-order valence-corrected chi connectivity index (χ2v) is 4.86. The standard InChI is InChI=1S/C14H19FN2O/c1-10-9-11(3-4-13(10)15)14(18)17(2)12-5-7-16-8-6-12/h3-4,9,12,16H,5-8H2,1-2H3. The first-order valence-electron chi connectivity index (χ1n) is 6.33. The van der Waals surface area contributed by atoms with Gasteiger partial charge in [0.2, 0.25) is 0 Å². The van der Waals surface area contributed by atoms with E-state index in [1.807, 2.05) is 7.05 Å². The van der Waals surface area contributed by atoms with E-state index in [0.717, 1.165) is 25.9 Å². The lowest BCUT2D eigenvalue weighted by atomic mass is 10.0. The van der Waals surface area contributed by atoms with Gasteiger partial charge in [-0.15, -0.1) is 0 Å². The molecule has 1 fully saturated rings. The summed E-state index contributed by atoms with van der Waals surface area (Å²) >= 11 is 0. The van der Waals surface area contributed by atoms with Gasteiger partial charge in [0.1, 0.15) is 5.82 Å². The summed E-state index contributed by atoms with van der Waals surface area (Å²) in [5.74, 6) is -0.291. The molecule has 4 heteroatoms. The highest BCUT2D eigenvalue weighted by atomic mass is 19.1. The number of hydrogen-bond acceptors (Lipinski definition) is 2. The number of carbonyl (C=O) groups excluding carboxylic acids is 1. The number of hydrogen-bond donors (Lipinski definition) is 1. The van der Waals surface area contributed by atoms with E-state index < -0.39 is 0 Å². The van der Waals surface area contributed by atoms with Gasteiger partial charge >= 0.3 is 0 Å². The number of nitrogens with one attached hydrogen (secondary N) is 1. The molecule has 1 aliphatic heterocycles. The van der Waals surface area contributed by atoms with Crippen LogP contribution in [0.25, 0.3) is 0 Å². The van der Waals surface area contributed by atoms with Crippen LogP contribution in [0.5, 0.6) is 0 Å². The van der Waals surface area contributed by atoms with Crippen LogP contribution >= 0.6 is 0 Å². The average Bonchev–Trinajstić information content (AvgIpc) is 2.41. The molecule has 1 aliphatic rings. The van der Waals surface area contributed by atoms with Gasteiger partial charge in [-0.1, -0.05) is 0 Å². The maximum Gasteiger partial charge on any atom is 0.253 e. The second-order valence-electron chi connectivity index (χ2n) is 4.86. The van der Waals surface area contributed by atoms with Crippen LogP contribution in [0, 0.1) is 12.7 Å². The summed E-state index contributed by atoms with van der Waals surface area (Å²) in [7, 11) is 1.83. The fraction of sp³-hybridized carbons (Fsp3) is 0.500. The number of benzene rings is 1. The minimum Gasteiger partial charge on any atom is -0.339 e. The lowest BCUT2D eigenvalue weighted by Gasteiger charge is -2.31. The lowest BCUT2D eigenvalue weighted by Crippen LogP contribution is -2.43. The molecule has 1 aromatic carbocycles. The highest BCUT2D eigenvalue weighted by Crippen LogP contribution is 2.16. The van der Waals surface area contributed by atoms with Crippen molar-refractivity contribution in [2.24, 2.45) is 0 Å². The highest BCUT2D eigenvalue weighted by Gasteiger charge is 2.22. The predicted molar refractivity (Wildman–Crippen MR) is 69.1 cm³/mol. The Balaban J connectivity index is 2.11. The Morgan fingerprint density at radius 2 is 2.06 bits per heavy atom. The van der Waals surface area contributed by atoms with Crippen LogP contribution in [-0.2, 0) is 0 Å². The molecule has 1 heterocycles. The van der Waals surface area contributed by atoms with Crippen molar-refractivity contribution in [1.82, 2.24) is 10.2 Å². The fourth-order valence-electron chi connectivity index (χ4n) is 2.34. The van der Waals surface area contributed by atoms with Crippen molar-refractivity contribution in [1.29, 1.82) is 0 Å². The summed E-state index contributed by atoms with van der Waals surface area (Å²) in [5, 5.41) is 3.28. The first kappa shape index (κ1) is 13.0. The van der Waals surface area contributed by atoms with Crippen LogP contribution in [0.2, 0.25) is 0 Å². The number of rotatable bonds is 2. The Kier molecular flexibility index (Phi) is 3.97. The quantitative estimate of drug-likeness (QED) is 0.870. The molecule has 0 bridgehead atoms. The lowest BCUT2D eigenvalue weighted by molar-refractivity contribution is 0.0703. The minimum atomic E-state index is -0.268. The van der Waals surface area contributed by atoms with Gasteiger partial charge in [0.25, 0.3) is 5.91 Å². The molecule has 0 saturated carbocycles. The van der Waals surface area contributed by atoms with Gasteiger partial charge in [-0.2, -0.15) is 0 Å². The first-order chi connectivity index (χ1) is 8.59. The third-order valence-corrected chi connectivity index (χ3v) is 3.58.